The van der Waals surface area contributed by atoms with Gasteiger partial charge in [-0.15, -0.1) is 0 Å². The number of nitrogens with one attached hydrogen (secondary N) is 1. The molecule has 7 nitrogen and oxygen atoms in total. The van der Waals surface area contributed by atoms with E-state index in [-0.39, 0.29) is 17.2 Å². The second-order valence-corrected chi connectivity index (χ2v) is 6.13. The predicted molar refractivity (Wildman–Crippen MR) is 109 cm³/mol. The molecule has 0 radical (unpaired) electrons. The summed E-state index contributed by atoms with van der Waals surface area (Å²) in [5.74, 6) is -0.424. The summed E-state index contributed by atoms with van der Waals surface area (Å²) in [5.41, 5.74) is 3.68. The lowest BCUT2D eigenvalue weighted by atomic mass is 10.2. The maximum absolute atomic E-state index is 12.3. The Morgan fingerprint density at radius 1 is 1.10 bits per heavy atom. The van der Waals surface area contributed by atoms with Crippen molar-refractivity contribution in [1.82, 2.24) is 10.4 Å². The van der Waals surface area contributed by atoms with E-state index < -0.39 is 5.97 Å². The van der Waals surface area contributed by atoms with Crippen molar-refractivity contribution >= 4 is 29.7 Å². The highest BCUT2D eigenvalue weighted by atomic mass is 35.5. The first-order valence-electron chi connectivity index (χ1n) is 8.46. The molecule has 0 fully saturated rings. The summed E-state index contributed by atoms with van der Waals surface area (Å²) in [6.45, 7) is 0. The van der Waals surface area contributed by atoms with Crippen LogP contribution in [0.15, 0.2) is 72.1 Å². The molecule has 29 heavy (non-hydrogen) atoms. The Balaban J connectivity index is 1.69. The SMILES string of the molecule is COc1cc(/C=N/NC(=O)c2cccnc2)ccc1OC(=O)c1ccccc1Cl. The molecular weight excluding hydrogens is 394 g/mol. The number of benzene rings is 2. The molecule has 0 aliphatic heterocycles. The number of aromatic nitrogens is 1. The minimum absolute atomic E-state index is 0.231. The number of pyridine rings is 1. The van der Waals surface area contributed by atoms with Crippen LogP contribution in [-0.2, 0) is 0 Å². The average Bonchev–Trinajstić information content (AvgIpc) is 2.75. The van der Waals surface area contributed by atoms with Gasteiger partial charge in [0.1, 0.15) is 0 Å². The zero-order valence-electron chi connectivity index (χ0n) is 15.3. The van der Waals surface area contributed by atoms with Crippen molar-refractivity contribution in [1.29, 1.82) is 0 Å². The molecule has 0 atom stereocenters. The van der Waals surface area contributed by atoms with E-state index in [1.807, 2.05) is 0 Å². The van der Waals surface area contributed by atoms with Crippen molar-refractivity contribution in [2.24, 2.45) is 5.10 Å². The smallest absolute Gasteiger partial charge is 0.345 e. The normalized spacial score (nSPS) is 10.6. The van der Waals surface area contributed by atoms with Gasteiger partial charge in [0.2, 0.25) is 0 Å². The molecule has 3 aromatic rings. The van der Waals surface area contributed by atoms with Gasteiger partial charge in [0.25, 0.3) is 5.91 Å². The largest absolute Gasteiger partial charge is 0.493 e. The summed E-state index contributed by atoms with van der Waals surface area (Å²) in [6, 6.07) is 14.7. The van der Waals surface area contributed by atoms with E-state index in [0.29, 0.717) is 21.9 Å². The lowest BCUT2D eigenvalue weighted by Crippen LogP contribution is -2.17. The standard InChI is InChI=1S/C21H16ClN3O4/c1-28-19-11-14(12-24-25-20(26)15-5-4-10-23-13-15)8-9-18(19)29-21(27)16-6-2-3-7-17(16)22/h2-13H,1H3,(H,25,26)/b24-12+. The van der Waals surface area contributed by atoms with Crippen molar-refractivity contribution < 1.29 is 19.1 Å². The molecule has 8 heteroatoms. The van der Waals surface area contributed by atoms with Crippen molar-refractivity contribution in [3.63, 3.8) is 0 Å². The minimum Gasteiger partial charge on any atom is -0.493 e. The number of ether oxygens (including phenoxy) is 2. The molecule has 146 valence electrons. The van der Waals surface area contributed by atoms with Crippen LogP contribution in [0.3, 0.4) is 0 Å². The van der Waals surface area contributed by atoms with Gasteiger partial charge < -0.3 is 9.47 Å². The number of amides is 1. The van der Waals surface area contributed by atoms with Gasteiger partial charge in [-0.05, 0) is 48.0 Å². The van der Waals surface area contributed by atoms with E-state index >= 15 is 0 Å². The number of methoxy groups -OCH3 is 1. The van der Waals surface area contributed by atoms with Crippen LogP contribution in [0, 0.1) is 0 Å². The zero-order valence-corrected chi connectivity index (χ0v) is 16.1. The van der Waals surface area contributed by atoms with E-state index in [1.165, 1.54) is 19.5 Å². The molecular formula is C21H16ClN3O4. The van der Waals surface area contributed by atoms with Crippen LogP contribution in [0.2, 0.25) is 5.02 Å². The predicted octanol–water partition coefficient (Wildman–Crippen LogP) is 3.73. The topological polar surface area (TPSA) is 89.9 Å². The molecule has 0 spiro atoms. The Hall–Kier alpha value is -3.71. The molecule has 2 aromatic carbocycles. The Bertz CT molecular complexity index is 1050. The fourth-order valence-electron chi connectivity index (χ4n) is 2.36. The molecule has 0 bridgehead atoms. The van der Waals surface area contributed by atoms with Gasteiger partial charge in [0, 0.05) is 12.4 Å². The quantitative estimate of drug-likeness (QED) is 0.290. The Labute approximate surface area is 171 Å². The van der Waals surface area contributed by atoms with Gasteiger partial charge in [-0.3, -0.25) is 9.78 Å². The molecule has 0 saturated heterocycles. The number of nitrogens with zero attached hydrogens (tertiary/aromatic N) is 2. The number of hydrogen-bond acceptors (Lipinski definition) is 6. The monoisotopic (exact) mass is 409 g/mol. The first-order valence-corrected chi connectivity index (χ1v) is 8.84. The number of hydrogen-bond donors (Lipinski definition) is 1. The summed E-state index contributed by atoms with van der Waals surface area (Å²) in [7, 11) is 1.45. The van der Waals surface area contributed by atoms with Crippen LogP contribution in [0.1, 0.15) is 26.3 Å². The lowest BCUT2D eigenvalue weighted by Gasteiger charge is -2.10. The van der Waals surface area contributed by atoms with Crippen LogP contribution in [0.4, 0.5) is 0 Å². The molecule has 1 N–H and O–H groups in total. The lowest BCUT2D eigenvalue weighted by molar-refractivity contribution is 0.0729. The average molecular weight is 410 g/mol. The number of rotatable bonds is 6. The van der Waals surface area contributed by atoms with Crippen LogP contribution in [0.5, 0.6) is 11.5 Å². The third-order valence-electron chi connectivity index (χ3n) is 3.79. The van der Waals surface area contributed by atoms with Crippen LogP contribution >= 0.6 is 11.6 Å². The van der Waals surface area contributed by atoms with Crippen molar-refractivity contribution in [3.8, 4) is 11.5 Å². The molecule has 0 unspecified atom stereocenters. The highest BCUT2D eigenvalue weighted by molar-refractivity contribution is 6.33. The highest BCUT2D eigenvalue weighted by Gasteiger charge is 2.15. The van der Waals surface area contributed by atoms with Gasteiger partial charge in [0.15, 0.2) is 11.5 Å². The summed E-state index contributed by atoms with van der Waals surface area (Å²) < 4.78 is 10.7. The number of esters is 1. The Morgan fingerprint density at radius 2 is 1.93 bits per heavy atom. The van der Waals surface area contributed by atoms with Crippen LogP contribution in [-0.4, -0.2) is 30.2 Å². The number of carbonyl (C=O) groups excluding carboxylic acids is 2. The Morgan fingerprint density at radius 3 is 2.66 bits per heavy atom. The van der Waals surface area contributed by atoms with Crippen LogP contribution < -0.4 is 14.9 Å². The third kappa shape index (κ3) is 5.18. The second kappa shape index (κ2) is 9.48. The van der Waals surface area contributed by atoms with Gasteiger partial charge in [0.05, 0.1) is 29.5 Å². The molecule has 3 rings (SSSR count). The summed E-state index contributed by atoms with van der Waals surface area (Å²) in [6.07, 6.45) is 4.46. The van der Waals surface area contributed by atoms with Crippen molar-refractivity contribution in [2.75, 3.05) is 7.11 Å². The third-order valence-corrected chi connectivity index (χ3v) is 4.12. The first-order chi connectivity index (χ1) is 14.1. The Kier molecular flexibility index (Phi) is 6.55. The summed E-state index contributed by atoms with van der Waals surface area (Å²) >= 11 is 6.02. The second-order valence-electron chi connectivity index (χ2n) is 5.72. The number of hydrazone groups is 1. The molecule has 0 saturated carbocycles. The maximum atomic E-state index is 12.3. The highest BCUT2D eigenvalue weighted by Crippen LogP contribution is 2.29. The van der Waals surface area contributed by atoms with Gasteiger partial charge in [-0.2, -0.15) is 5.10 Å². The van der Waals surface area contributed by atoms with E-state index in [1.54, 1.807) is 60.8 Å². The zero-order chi connectivity index (χ0) is 20.6. The maximum Gasteiger partial charge on any atom is 0.345 e. The van der Waals surface area contributed by atoms with E-state index in [4.69, 9.17) is 21.1 Å². The fraction of sp³-hybridized carbons (Fsp3) is 0.0476. The molecule has 0 aliphatic carbocycles. The summed E-state index contributed by atoms with van der Waals surface area (Å²) in [5, 5.41) is 4.21. The van der Waals surface area contributed by atoms with Crippen molar-refractivity contribution in [3.05, 3.63) is 88.7 Å². The molecule has 1 amide bonds. The van der Waals surface area contributed by atoms with E-state index in [2.05, 4.69) is 15.5 Å². The molecule has 0 aliphatic rings. The van der Waals surface area contributed by atoms with Gasteiger partial charge in [-0.25, -0.2) is 10.2 Å². The minimum atomic E-state index is -0.598. The van der Waals surface area contributed by atoms with E-state index in [9.17, 15) is 9.59 Å². The van der Waals surface area contributed by atoms with Gasteiger partial charge >= 0.3 is 5.97 Å². The number of halogens is 1. The first kappa shape index (κ1) is 20.0. The summed E-state index contributed by atoms with van der Waals surface area (Å²) in [4.78, 5) is 28.1. The van der Waals surface area contributed by atoms with E-state index in [0.717, 1.165) is 0 Å². The molecule has 1 aromatic heterocycles. The van der Waals surface area contributed by atoms with Crippen LogP contribution in [0.25, 0.3) is 0 Å². The fourth-order valence-corrected chi connectivity index (χ4v) is 2.57. The molecule has 1 heterocycles. The van der Waals surface area contributed by atoms with Gasteiger partial charge in [-0.1, -0.05) is 23.7 Å². The van der Waals surface area contributed by atoms with Crippen molar-refractivity contribution in [2.45, 2.75) is 0 Å². The number of carbonyl (C=O) groups is 2.